The molecule has 0 aliphatic heterocycles. The van der Waals surface area contributed by atoms with Gasteiger partial charge in [-0.15, -0.1) is 0 Å². The van der Waals surface area contributed by atoms with Gasteiger partial charge in [-0.2, -0.15) is 0 Å². The van der Waals surface area contributed by atoms with E-state index in [2.05, 4.69) is 13.8 Å². The lowest BCUT2D eigenvalue weighted by Gasteiger charge is -2.10. The van der Waals surface area contributed by atoms with Crippen LogP contribution in [0.2, 0.25) is 0 Å². The van der Waals surface area contributed by atoms with Gasteiger partial charge in [0.15, 0.2) is 0 Å². The van der Waals surface area contributed by atoms with Crippen molar-refractivity contribution in [3.05, 3.63) is 62.9 Å². The van der Waals surface area contributed by atoms with Crippen molar-refractivity contribution in [2.75, 3.05) is 0 Å². The van der Waals surface area contributed by atoms with Crippen molar-refractivity contribution in [2.24, 2.45) is 5.92 Å². The molecule has 1 aliphatic carbocycles. The van der Waals surface area contributed by atoms with E-state index < -0.39 is 11.1 Å². The highest BCUT2D eigenvalue weighted by molar-refractivity contribution is 5.35. The largest absolute Gasteiger partial charge is 0.320 e. The van der Waals surface area contributed by atoms with E-state index in [4.69, 9.17) is 0 Å². The third-order valence-corrected chi connectivity index (χ3v) is 4.05. The summed E-state index contributed by atoms with van der Waals surface area (Å²) in [6.07, 6.45) is 5.73. The Morgan fingerprint density at radius 1 is 1.05 bits per heavy atom. The van der Waals surface area contributed by atoms with Crippen molar-refractivity contribution >= 4 is 0 Å². The fraction of sp³-hybridized carbons (Fsp3) is 0.412. The smallest absolute Gasteiger partial charge is 0.309 e. The molecule has 21 heavy (non-hydrogen) atoms. The summed E-state index contributed by atoms with van der Waals surface area (Å²) in [7, 11) is 0. The maximum Gasteiger partial charge on any atom is 0.320 e. The molecule has 1 aromatic heterocycles. The van der Waals surface area contributed by atoms with Gasteiger partial charge in [-0.1, -0.05) is 26.0 Å². The van der Waals surface area contributed by atoms with Crippen molar-refractivity contribution in [1.82, 2.24) is 9.13 Å². The van der Waals surface area contributed by atoms with E-state index in [1.165, 1.54) is 10.1 Å². The topological polar surface area (TPSA) is 44.0 Å². The van der Waals surface area contributed by atoms with Gasteiger partial charge in [-0.05, 0) is 42.4 Å². The van der Waals surface area contributed by atoms with Gasteiger partial charge in [0.05, 0.1) is 0 Å². The fourth-order valence-electron chi connectivity index (χ4n) is 2.45. The molecule has 0 radical (unpaired) electrons. The van der Waals surface area contributed by atoms with Crippen LogP contribution in [0.25, 0.3) is 5.69 Å². The van der Waals surface area contributed by atoms with Crippen molar-refractivity contribution in [1.29, 1.82) is 0 Å². The van der Waals surface area contributed by atoms with Crippen molar-refractivity contribution in [3.63, 3.8) is 0 Å². The Kier molecular flexibility index (Phi) is 3.53. The SMILES string of the molecule is CC(C)c1ccc(-n2ccn(CC3CC3)c(=O)c2=O)cc1. The molecule has 3 rings (SSSR count). The standard InChI is InChI=1S/C17H20N2O2/c1-12(2)14-5-7-15(8-6-14)19-10-9-18(11-13-3-4-13)16(20)17(19)21/h5-10,12-13H,3-4,11H2,1-2H3. The van der Waals surface area contributed by atoms with Gasteiger partial charge in [0, 0.05) is 24.6 Å². The summed E-state index contributed by atoms with van der Waals surface area (Å²) in [5, 5.41) is 0. The minimum Gasteiger partial charge on any atom is -0.309 e. The summed E-state index contributed by atoms with van der Waals surface area (Å²) in [4.78, 5) is 24.4. The zero-order valence-corrected chi connectivity index (χ0v) is 12.5. The first kappa shape index (κ1) is 13.9. The predicted molar refractivity (Wildman–Crippen MR) is 83.1 cm³/mol. The molecule has 0 amide bonds. The number of benzene rings is 1. The summed E-state index contributed by atoms with van der Waals surface area (Å²) >= 11 is 0. The predicted octanol–water partition coefficient (Wildman–Crippen LogP) is 2.53. The molecule has 1 heterocycles. The van der Waals surface area contributed by atoms with E-state index in [1.54, 1.807) is 17.0 Å². The molecule has 0 atom stereocenters. The quantitative estimate of drug-likeness (QED) is 0.810. The van der Waals surface area contributed by atoms with E-state index in [-0.39, 0.29) is 0 Å². The molecule has 4 nitrogen and oxygen atoms in total. The average Bonchev–Trinajstić information content (AvgIpc) is 3.28. The Morgan fingerprint density at radius 3 is 2.29 bits per heavy atom. The van der Waals surface area contributed by atoms with Gasteiger partial charge in [0.2, 0.25) is 0 Å². The van der Waals surface area contributed by atoms with Gasteiger partial charge in [-0.3, -0.25) is 14.2 Å². The minimum absolute atomic E-state index is 0.433. The van der Waals surface area contributed by atoms with Crippen LogP contribution in [-0.2, 0) is 6.54 Å². The maximum absolute atomic E-state index is 12.2. The van der Waals surface area contributed by atoms with Crippen LogP contribution < -0.4 is 11.1 Å². The molecule has 0 N–H and O–H groups in total. The molecule has 1 aromatic carbocycles. The summed E-state index contributed by atoms with van der Waals surface area (Å²) < 4.78 is 2.97. The van der Waals surface area contributed by atoms with Crippen LogP contribution in [-0.4, -0.2) is 9.13 Å². The number of aromatic nitrogens is 2. The Hall–Kier alpha value is -2.10. The lowest BCUT2D eigenvalue weighted by atomic mass is 10.0. The van der Waals surface area contributed by atoms with Crippen LogP contribution in [0.4, 0.5) is 0 Å². The minimum atomic E-state index is -0.476. The lowest BCUT2D eigenvalue weighted by molar-refractivity contribution is 0.592. The number of hydrogen-bond acceptors (Lipinski definition) is 2. The molecule has 110 valence electrons. The van der Waals surface area contributed by atoms with E-state index in [0.29, 0.717) is 18.4 Å². The van der Waals surface area contributed by atoms with Crippen molar-refractivity contribution < 1.29 is 0 Å². The molecular weight excluding hydrogens is 264 g/mol. The van der Waals surface area contributed by atoms with E-state index >= 15 is 0 Å². The zero-order chi connectivity index (χ0) is 15.0. The first-order chi connectivity index (χ1) is 10.1. The Labute approximate surface area is 123 Å². The summed E-state index contributed by atoms with van der Waals surface area (Å²) in [6.45, 7) is 4.92. The molecule has 0 unspecified atom stereocenters. The number of rotatable bonds is 4. The lowest BCUT2D eigenvalue weighted by Crippen LogP contribution is -2.40. The maximum atomic E-state index is 12.2. The molecule has 1 saturated carbocycles. The molecule has 1 aliphatic rings. The Bertz CT molecular complexity index is 750. The third kappa shape index (κ3) is 2.84. The van der Waals surface area contributed by atoms with Gasteiger partial charge < -0.3 is 4.57 Å². The zero-order valence-electron chi connectivity index (χ0n) is 12.5. The fourth-order valence-corrected chi connectivity index (χ4v) is 2.45. The second-order valence-electron chi connectivity index (χ2n) is 6.12. The van der Waals surface area contributed by atoms with Crippen LogP contribution in [0.3, 0.4) is 0 Å². The molecule has 2 aromatic rings. The van der Waals surface area contributed by atoms with Gasteiger partial charge in [0.1, 0.15) is 0 Å². The first-order valence-electron chi connectivity index (χ1n) is 7.48. The van der Waals surface area contributed by atoms with Gasteiger partial charge >= 0.3 is 11.1 Å². The summed E-state index contributed by atoms with van der Waals surface area (Å²) in [5.74, 6) is 1.02. The number of hydrogen-bond donors (Lipinski definition) is 0. The van der Waals surface area contributed by atoms with Crippen LogP contribution in [0.15, 0.2) is 46.2 Å². The van der Waals surface area contributed by atoms with Gasteiger partial charge in [-0.25, -0.2) is 0 Å². The molecule has 4 heteroatoms. The Morgan fingerprint density at radius 2 is 1.71 bits per heavy atom. The highest BCUT2D eigenvalue weighted by Crippen LogP contribution is 2.29. The molecule has 0 spiro atoms. The van der Waals surface area contributed by atoms with Crippen molar-refractivity contribution in [2.45, 2.75) is 39.2 Å². The normalized spacial score (nSPS) is 14.6. The molecular formula is C17H20N2O2. The highest BCUT2D eigenvalue weighted by Gasteiger charge is 2.22. The van der Waals surface area contributed by atoms with Crippen LogP contribution in [0.1, 0.15) is 38.2 Å². The monoisotopic (exact) mass is 284 g/mol. The third-order valence-electron chi connectivity index (χ3n) is 4.05. The Balaban J connectivity index is 1.96. The summed E-state index contributed by atoms with van der Waals surface area (Å²) in [6, 6.07) is 7.78. The van der Waals surface area contributed by atoms with Crippen LogP contribution in [0, 0.1) is 5.92 Å². The van der Waals surface area contributed by atoms with E-state index in [0.717, 1.165) is 18.5 Å². The van der Waals surface area contributed by atoms with Gasteiger partial charge in [0.25, 0.3) is 0 Å². The number of nitrogens with zero attached hydrogens (tertiary/aromatic N) is 2. The highest BCUT2D eigenvalue weighted by atomic mass is 16.2. The second-order valence-corrected chi connectivity index (χ2v) is 6.12. The molecule has 0 saturated heterocycles. The van der Waals surface area contributed by atoms with E-state index in [9.17, 15) is 9.59 Å². The van der Waals surface area contributed by atoms with Crippen molar-refractivity contribution in [3.8, 4) is 5.69 Å². The second kappa shape index (κ2) is 5.35. The van der Waals surface area contributed by atoms with E-state index in [1.807, 2.05) is 24.3 Å². The molecule has 0 bridgehead atoms. The van der Waals surface area contributed by atoms with Crippen LogP contribution >= 0.6 is 0 Å². The van der Waals surface area contributed by atoms with Crippen LogP contribution in [0.5, 0.6) is 0 Å². The first-order valence-corrected chi connectivity index (χ1v) is 7.48. The molecule has 1 fully saturated rings. The summed E-state index contributed by atoms with van der Waals surface area (Å²) in [5.41, 5.74) is 1.04. The average molecular weight is 284 g/mol.